The lowest BCUT2D eigenvalue weighted by Gasteiger charge is -2.15. The number of likely N-dealkylation sites (N-methyl/N-ethyl adjacent to an activating group) is 1. The molecular formula is C14H23NO. The lowest BCUT2D eigenvalue weighted by Crippen LogP contribution is -2.23. The Morgan fingerprint density at radius 1 is 1.19 bits per heavy atom. The summed E-state index contributed by atoms with van der Waals surface area (Å²) in [5, 5.41) is 0. The molecule has 0 N–H and O–H groups in total. The minimum Gasteiger partial charge on any atom is -0.369 e. The Morgan fingerprint density at radius 2 is 1.81 bits per heavy atom. The highest BCUT2D eigenvalue weighted by atomic mass is 16.5. The molecule has 0 unspecified atom stereocenters. The summed E-state index contributed by atoms with van der Waals surface area (Å²) in [7, 11) is 3.81. The van der Waals surface area contributed by atoms with Crippen LogP contribution in [0.2, 0.25) is 0 Å². The van der Waals surface area contributed by atoms with Crippen LogP contribution in [-0.4, -0.2) is 32.3 Å². The van der Waals surface area contributed by atoms with Gasteiger partial charge in [-0.15, -0.1) is 0 Å². The van der Waals surface area contributed by atoms with Crippen LogP contribution in [0.1, 0.15) is 30.9 Å². The third-order valence-electron chi connectivity index (χ3n) is 2.78. The van der Waals surface area contributed by atoms with Crippen molar-refractivity contribution in [2.24, 2.45) is 0 Å². The van der Waals surface area contributed by atoms with Crippen molar-refractivity contribution in [3.8, 4) is 0 Å². The van der Waals surface area contributed by atoms with Gasteiger partial charge in [-0.3, -0.25) is 4.90 Å². The molecule has 0 bridgehead atoms. The first-order valence-corrected chi connectivity index (χ1v) is 5.89. The zero-order valence-electron chi connectivity index (χ0n) is 10.9. The summed E-state index contributed by atoms with van der Waals surface area (Å²) in [6.07, 6.45) is 1.08. The number of rotatable bonds is 6. The van der Waals surface area contributed by atoms with Crippen molar-refractivity contribution in [3.05, 3.63) is 35.4 Å². The zero-order chi connectivity index (χ0) is 12.0. The zero-order valence-corrected chi connectivity index (χ0v) is 10.9. The molecule has 0 amide bonds. The third kappa shape index (κ3) is 4.33. The smallest absolute Gasteiger partial charge is 0.0984 e. The van der Waals surface area contributed by atoms with Crippen LogP contribution in [0, 0.1) is 0 Å². The molecule has 1 aromatic carbocycles. The largest absolute Gasteiger partial charge is 0.369 e. The lowest BCUT2D eigenvalue weighted by molar-refractivity contribution is 0.0827. The average Bonchev–Trinajstić information content (AvgIpc) is 2.27. The van der Waals surface area contributed by atoms with Gasteiger partial charge in [-0.1, -0.05) is 38.1 Å². The number of nitrogens with zero attached hydrogens (tertiary/aromatic N) is 1. The lowest BCUT2D eigenvalue weighted by atomic mass is 10.0. The average molecular weight is 221 g/mol. The van der Waals surface area contributed by atoms with Gasteiger partial charge in [-0.05, 0) is 30.5 Å². The molecule has 0 aromatic heterocycles. The number of methoxy groups -OCH3 is 1. The van der Waals surface area contributed by atoms with E-state index < -0.39 is 0 Å². The Morgan fingerprint density at radius 3 is 2.31 bits per heavy atom. The molecule has 0 aliphatic heterocycles. The highest BCUT2D eigenvalue weighted by molar-refractivity contribution is 5.24. The van der Waals surface area contributed by atoms with Crippen LogP contribution < -0.4 is 0 Å². The Labute approximate surface area is 99.2 Å². The summed E-state index contributed by atoms with van der Waals surface area (Å²) >= 11 is 0. The number of hydrogen-bond acceptors (Lipinski definition) is 2. The molecule has 0 aliphatic rings. The van der Waals surface area contributed by atoms with Gasteiger partial charge in [0, 0.05) is 13.7 Å². The second-order valence-corrected chi connectivity index (χ2v) is 4.64. The molecule has 0 aliphatic carbocycles. The fourth-order valence-electron chi connectivity index (χ4n) is 1.67. The quantitative estimate of drug-likeness (QED) is 0.685. The normalized spacial score (nSPS) is 11.4. The Bertz CT molecular complexity index is 292. The van der Waals surface area contributed by atoms with Gasteiger partial charge >= 0.3 is 0 Å². The Kier molecular flexibility index (Phi) is 5.50. The summed E-state index contributed by atoms with van der Waals surface area (Å²) in [5.74, 6) is 0.616. The van der Waals surface area contributed by atoms with Crippen molar-refractivity contribution in [1.82, 2.24) is 4.90 Å². The van der Waals surface area contributed by atoms with Crippen LogP contribution in [0.5, 0.6) is 0 Å². The van der Waals surface area contributed by atoms with Gasteiger partial charge in [0.1, 0.15) is 0 Å². The molecule has 90 valence electrons. The number of ether oxygens (including phenoxy) is 1. The number of hydrogen-bond donors (Lipinski definition) is 0. The molecule has 2 heteroatoms. The van der Waals surface area contributed by atoms with E-state index in [0.717, 1.165) is 13.0 Å². The summed E-state index contributed by atoms with van der Waals surface area (Å²) in [4.78, 5) is 2.18. The van der Waals surface area contributed by atoms with Crippen LogP contribution >= 0.6 is 0 Å². The second kappa shape index (κ2) is 6.66. The second-order valence-electron chi connectivity index (χ2n) is 4.64. The Hall–Kier alpha value is -0.860. The van der Waals surface area contributed by atoms with Crippen molar-refractivity contribution >= 4 is 0 Å². The summed E-state index contributed by atoms with van der Waals surface area (Å²) in [6.45, 7) is 6.18. The van der Waals surface area contributed by atoms with Crippen LogP contribution in [0.3, 0.4) is 0 Å². The van der Waals surface area contributed by atoms with Crippen LogP contribution in [0.15, 0.2) is 24.3 Å². The molecule has 0 fully saturated rings. The van der Waals surface area contributed by atoms with Crippen molar-refractivity contribution in [3.63, 3.8) is 0 Å². The van der Waals surface area contributed by atoms with E-state index in [1.807, 2.05) is 0 Å². The van der Waals surface area contributed by atoms with E-state index in [2.05, 4.69) is 50.1 Å². The van der Waals surface area contributed by atoms with Gasteiger partial charge in [-0.2, -0.15) is 0 Å². The van der Waals surface area contributed by atoms with Crippen molar-refractivity contribution < 1.29 is 4.74 Å². The fraction of sp³-hybridized carbons (Fsp3) is 0.571. The summed E-state index contributed by atoms with van der Waals surface area (Å²) < 4.78 is 5.07. The molecule has 0 radical (unpaired) electrons. The maximum atomic E-state index is 5.07. The predicted octanol–water partition coefficient (Wildman–Crippen LogP) is 2.89. The highest BCUT2D eigenvalue weighted by Gasteiger charge is 2.01. The first-order valence-electron chi connectivity index (χ1n) is 5.89. The number of benzene rings is 1. The third-order valence-corrected chi connectivity index (χ3v) is 2.78. The molecule has 16 heavy (non-hydrogen) atoms. The van der Waals surface area contributed by atoms with E-state index in [1.54, 1.807) is 7.11 Å². The van der Waals surface area contributed by atoms with Gasteiger partial charge in [0.2, 0.25) is 0 Å². The topological polar surface area (TPSA) is 12.5 Å². The molecule has 1 rings (SSSR count). The van der Waals surface area contributed by atoms with Crippen LogP contribution in [-0.2, 0) is 11.2 Å². The SMILES string of the molecule is COCN(C)CCc1ccc(C(C)C)cc1. The first kappa shape index (κ1) is 13.2. The van der Waals surface area contributed by atoms with Crippen molar-refractivity contribution in [2.45, 2.75) is 26.2 Å². The standard InChI is InChI=1S/C14H23NO/c1-12(2)14-7-5-13(6-8-14)9-10-15(3)11-16-4/h5-8,12H,9-11H2,1-4H3. The minimum absolute atomic E-state index is 0.616. The van der Waals surface area contributed by atoms with E-state index in [4.69, 9.17) is 4.74 Å². The molecule has 0 heterocycles. The fourth-order valence-corrected chi connectivity index (χ4v) is 1.67. The maximum absolute atomic E-state index is 5.07. The monoisotopic (exact) mass is 221 g/mol. The minimum atomic E-state index is 0.616. The molecule has 0 saturated heterocycles. The Balaban J connectivity index is 2.43. The van der Waals surface area contributed by atoms with Gasteiger partial charge in [0.15, 0.2) is 0 Å². The highest BCUT2D eigenvalue weighted by Crippen LogP contribution is 2.14. The first-order chi connectivity index (χ1) is 7.63. The maximum Gasteiger partial charge on any atom is 0.0984 e. The predicted molar refractivity (Wildman–Crippen MR) is 68.7 cm³/mol. The summed E-state index contributed by atoms with van der Waals surface area (Å²) in [5.41, 5.74) is 2.81. The molecule has 0 saturated carbocycles. The van der Waals surface area contributed by atoms with Crippen molar-refractivity contribution in [2.75, 3.05) is 27.4 Å². The van der Waals surface area contributed by atoms with E-state index in [9.17, 15) is 0 Å². The molecule has 2 nitrogen and oxygen atoms in total. The van der Waals surface area contributed by atoms with Gasteiger partial charge in [-0.25, -0.2) is 0 Å². The van der Waals surface area contributed by atoms with E-state index in [0.29, 0.717) is 12.6 Å². The van der Waals surface area contributed by atoms with Gasteiger partial charge in [0.05, 0.1) is 6.73 Å². The van der Waals surface area contributed by atoms with E-state index >= 15 is 0 Å². The molecule has 0 spiro atoms. The van der Waals surface area contributed by atoms with Crippen molar-refractivity contribution in [1.29, 1.82) is 0 Å². The van der Waals surface area contributed by atoms with Gasteiger partial charge < -0.3 is 4.74 Å². The van der Waals surface area contributed by atoms with Crippen LogP contribution in [0.4, 0.5) is 0 Å². The molecule has 0 atom stereocenters. The van der Waals surface area contributed by atoms with Gasteiger partial charge in [0.25, 0.3) is 0 Å². The van der Waals surface area contributed by atoms with Crippen LogP contribution in [0.25, 0.3) is 0 Å². The van der Waals surface area contributed by atoms with E-state index in [1.165, 1.54) is 11.1 Å². The van der Waals surface area contributed by atoms with E-state index in [-0.39, 0.29) is 0 Å². The molecule has 1 aromatic rings. The molecular weight excluding hydrogens is 198 g/mol. The summed E-state index contributed by atoms with van der Waals surface area (Å²) in [6, 6.07) is 8.93.